The molecule has 0 heterocycles. The molecule has 0 unspecified atom stereocenters. The maximum absolute atomic E-state index is 11.3. The highest BCUT2D eigenvalue weighted by Crippen LogP contribution is 2.37. The summed E-state index contributed by atoms with van der Waals surface area (Å²) >= 11 is 6.84. The number of rotatable bonds is 7. The number of carbonyl (C=O) groups is 2. The maximum Gasteiger partial charge on any atom is 0.352 e. The third-order valence-corrected chi connectivity index (χ3v) is 4.46. The van der Waals surface area contributed by atoms with E-state index in [4.69, 9.17) is 9.47 Å². The van der Waals surface area contributed by atoms with Crippen LogP contribution in [0, 0.1) is 0 Å². The zero-order chi connectivity index (χ0) is 20.0. The molecule has 0 spiro atoms. The number of nitrogens with one attached hydrogen (secondary N) is 1. The highest BCUT2D eigenvalue weighted by atomic mass is 79.9. The van der Waals surface area contributed by atoms with Crippen LogP contribution < -0.4 is 14.8 Å². The van der Waals surface area contributed by atoms with Crippen LogP contribution in [0.4, 0.5) is 0 Å². The van der Waals surface area contributed by atoms with Crippen LogP contribution in [0.1, 0.15) is 18.1 Å². The Morgan fingerprint density at radius 3 is 2.56 bits per heavy atom. The molecule has 0 radical (unpaired) electrons. The van der Waals surface area contributed by atoms with Crippen molar-refractivity contribution in [3.05, 3.63) is 62.2 Å². The summed E-state index contributed by atoms with van der Waals surface area (Å²) in [6.07, 6.45) is 1.34. The Bertz CT molecular complexity index is 896. The van der Waals surface area contributed by atoms with Crippen LogP contribution in [0.3, 0.4) is 0 Å². The van der Waals surface area contributed by atoms with Crippen LogP contribution in [-0.2, 0) is 16.2 Å². The number of aliphatic carboxylic acids is 1. The largest absolute Gasteiger partial charge is 0.493 e. The van der Waals surface area contributed by atoms with Crippen molar-refractivity contribution >= 4 is 49.8 Å². The first kappa shape index (κ1) is 21.0. The van der Waals surface area contributed by atoms with Crippen LogP contribution in [-0.4, -0.2) is 24.1 Å². The van der Waals surface area contributed by atoms with Crippen LogP contribution in [0.2, 0.25) is 0 Å². The van der Waals surface area contributed by atoms with Crippen molar-refractivity contribution in [1.29, 1.82) is 0 Å². The first-order chi connectivity index (χ1) is 12.8. The second kappa shape index (κ2) is 9.57. The average molecular weight is 499 g/mol. The highest BCUT2D eigenvalue weighted by Gasteiger charge is 2.14. The topological polar surface area (TPSA) is 84.9 Å². The van der Waals surface area contributed by atoms with Gasteiger partial charge in [0, 0.05) is 11.4 Å². The molecule has 2 rings (SSSR count). The van der Waals surface area contributed by atoms with E-state index in [9.17, 15) is 14.7 Å². The van der Waals surface area contributed by atoms with E-state index in [-0.39, 0.29) is 5.70 Å². The van der Waals surface area contributed by atoms with Gasteiger partial charge in [0.1, 0.15) is 12.3 Å². The molecule has 0 saturated carbocycles. The fourth-order valence-corrected chi connectivity index (χ4v) is 3.27. The Morgan fingerprint density at radius 1 is 1.22 bits per heavy atom. The molecule has 0 fully saturated rings. The van der Waals surface area contributed by atoms with E-state index in [0.29, 0.717) is 28.1 Å². The van der Waals surface area contributed by atoms with E-state index >= 15 is 0 Å². The zero-order valence-electron chi connectivity index (χ0n) is 14.6. The minimum atomic E-state index is -1.24. The molecular formula is C19H17Br2NO5. The van der Waals surface area contributed by atoms with Crippen LogP contribution in [0.25, 0.3) is 6.08 Å². The molecule has 1 amide bonds. The number of hydrogen-bond acceptors (Lipinski definition) is 4. The van der Waals surface area contributed by atoms with E-state index < -0.39 is 11.9 Å². The second-order valence-electron chi connectivity index (χ2n) is 5.50. The maximum atomic E-state index is 11.3. The van der Waals surface area contributed by atoms with E-state index in [1.165, 1.54) is 20.1 Å². The van der Waals surface area contributed by atoms with Gasteiger partial charge in [-0.2, -0.15) is 0 Å². The second-order valence-corrected chi connectivity index (χ2v) is 7.27. The molecule has 6 nitrogen and oxygen atoms in total. The molecule has 27 heavy (non-hydrogen) atoms. The first-order valence-electron chi connectivity index (χ1n) is 7.77. The monoisotopic (exact) mass is 497 g/mol. The quantitative estimate of drug-likeness (QED) is 0.554. The fourth-order valence-electron chi connectivity index (χ4n) is 2.25. The number of carboxylic acids is 1. The lowest BCUT2D eigenvalue weighted by Gasteiger charge is -2.14. The lowest BCUT2D eigenvalue weighted by Crippen LogP contribution is -2.24. The predicted molar refractivity (Wildman–Crippen MR) is 109 cm³/mol. The van der Waals surface area contributed by atoms with E-state index in [1.807, 2.05) is 24.3 Å². The van der Waals surface area contributed by atoms with Gasteiger partial charge in [-0.05, 0) is 57.4 Å². The predicted octanol–water partition coefficient (Wildman–Crippen LogP) is 4.36. The molecule has 2 aromatic rings. The summed E-state index contributed by atoms with van der Waals surface area (Å²) in [6, 6.07) is 11.0. The number of hydrogen-bond donors (Lipinski definition) is 2. The third-order valence-electron chi connectivity index (χ3n) is 3.38. The van der Waals surface area contributed by atoms with Gasteiger partial charge in [0.25, 0.3) is 0 Å². The van der Waals surface area contributed by atoms with Gasteiger partial charge in [-0.25, -0.2) is 4.79 Å². The van der Waals surface area contributed by atoms with Crippen molar-refractivity contribution in [3.63, 3.8) is 0 Å². The summed E-state index contributed by atoms with van der Waals surface area (Å²) in [7, 11) is 1.49. The van der Waals surface area contributed by atoms with Gasteiger partial charge in [0.15, 0.2) is 11.5 Å². The Morgan fingerprint density at radius 2 is 1.96 bits per heavy atom. The minimum absolute atomic E-state index is 0.237. The summed E-state index contributed by atoms with van der Waals surface area (Å²) in [5.74, 6) is -0.789. The molecule has 0 saturated heterocycles. The van der Waals surface area contributed by atoms with E-state index in [2.05, 4.69) is 37.2 Å². The first-order valence-corrected chi connectivity index (χ1v) is 9.36. The highest BCUT2D eigenvalue weighted by molar-refractivity contribution is 9.10. The molecule has 0 aliphatic rings. The number of halogens is 2. The van der Waals surface area contributed by atoms with E-state index in [0.717, 1.165) is 10.0 Å². The molecule has 0 bridgehead atoms. The van der Waals surface area contributed by atoms with Gasteiger partial charge in [0.05, 0.1) is 11.6 Å². The fraction of sp³-hybridized carbons (Fsp3) is 0.158. The molecule has 142 valence electrons. The number of carbonyl (C=O) groups excluding carboxylic acids is 1. The SMILES string of the molecule is COc1cc(/C=C(/NC(C)=O)C(=O)O)cc(Br)c1OCc1cccc(Br)c1. The third kappa shape index (κ3) is 6.11. The number of methoxy groups -OCH3 is 1. The number of amides is 1. The Hall–Kier alpha value is -2.32. The summed E-state index contributed by atoms with van der Waals surface area (Å²) < 4.78 is 12.8. The molecular weight excluding hydrogens is 482 g/mol. The van der Waals surface area contributed by atoms with Gasteiger partial charge in [-0.15, -0.1) is 0 Å². The van der Waals surface area contributed by atoms with Crippen molar-refractivity contribution < 1.29 is 24.2 Å². The Labute approximate surface area is 173 Å². The summed E-state index contributed by atoms with van der Waals surface area (Å²) in [5, 5.41) is 11.5. The van der Waals surface area contributed by atoms with Gasteiger partial charge < -0.3 is 19.9 Å². The lowest BCUT2D eigenvalue weighted by atomic mass is 10.1. The normalized spacial score (nSPS) is 11.0. The van der Waals surface area contributed by atoms with Crippen molar-refractivity contribution in [2.24, 2.45) is 0 Å². The van der Waals surface area contributed by atoms with E-state index in [1.54, 1.807) is 12.1 Å². The molecule has 0 atom stereocenters. The molecule has 0 aromatic heterocycles. The smallest absolute Gasteiger partial charge is 0.352 e. The summed E-state index contributed by atoms with van der Waals surface area (Å²) in [5.41, 5.74) is 1.26. The van der Waals surface area contributed by atoms with Gasteiger partial charge in [-0.1, -0.05) is 28.1 Å². The van der Waals surface area contributed by atoms with Crippen molar-refractivity contribution in [2.45, 2.75) is 13.5 Å². The molecule has 2 N–H and O–H groups in total. The van der Waals surface area contributed by atoms with Crippen molar-refractivity contribution in [3.8, 4) is 11.5 Å². The van der Waals surface area contributed by atoms with Crippen molar-refractivity contribution in [2.75, 3.05) is 7.11 Å². The number of benzene rings is 2. The molecule has 0 aliphatic carbocycles. The Balaban J connectivity index is 2.30. The molecule has 8 heteroatoms. The van der Waals surface area contributed by atoms with Gasteiger partial charge in [-0.3, -0.25) is 4.79 Å². The molecule has 0 aliphatic heterocycles. The minimum Gasteiger partial charge on any atom is -0.493 e. The molecule has 2 aromatic carbocycles. The average Bonchev–Trinajstić information content (AvgIpc) is 2.59. The number of ether oxygens (including phenoxy) is 2. The summed E-state index contributed by atoms with van der Waals surface area (Å²) in [6.45, 7) is 1.57. The van der Waals surface area contributed by atoms with Crippen LogP contribution in [0.5, 0.6) is 11.5 Å². The van der Waals surface area contributed by atoms with Crippen molar-refractivity contribution in [1.82, 2.24) is 5.32 Å². The lowest BCUT2D eigenvalue weighted by molar-refractivity contribution is -0.134. The Kier molecular flexibility index (Phi) is 7.44. The van der Waals surface area contributed by atoms with Gasteiger partial charge >= 0.3 is 5.97 Å². The number of carboxylic acid groups (broad SMARTS) is 1. The van der Waals surface area contributed by atoms with Crippen LogP contribution in [0.15, 0.2) is 51.0 Å². The standard InChI is InChI=1S/C19H17Br2NO5/c1-11(23)22-16(19(24)25)8-13-7-15(21)18(17(9-13)26-2)27-10-12-4-3-5-14(20)6-12/h3-9H,10H2,1-2H3,(H,22,23)(H,24,25)/b16-8+. The van der Waals surface area contributed by atoms with Gasteiger partial charge in [0.2, 0.25) is 5.91 Å². The van der Waals surface area contributed by atoms with Crippen LogP contribution >= 0.6 is 31.9 Å². The summed E-state index contributed by atoms with van der Waals surface area (Å²) in [4.78, 5) is 22.4. The zero-order valence-corrected chi connectivity index (χ0v) is 17.8.